The minimum absolute atomic E-state index is 0.124. The molecule has 0 fully saturated rings. The Hall–Kier alpha value is -3.22. The summed E-state index contributed by atoms with van der Waals surface area (Å²) in [5.74, 6) is -2.06. The molecule has 0 saturated heterocycles. The van der Waals surface area contributed by atoms with Crippen LogP contribution < -0.4 is 5.32 Å². The maximum absolute atomic E-state index is 13.6. The van der Waals surface area contributed by atoms with Gasteiger partial charge < -0.3 is 5.32 Å². The van der Waals surface area contributed by atoms with E-state index in [0.717, 1.165) is 18.2 Å². The van der Waals surface area contributed by atoms with Crippen LogP contribution >= 0.6 is 0 Å². The zero-order valence-electron chi connectivity index (χ0n) is 14.4. The summed E-state index contributed by atoms with van der Waals surface area (Å²) >= 11 is 0. The van der Waals surface area contributed by atoms with Crippen LogP contribution in [0, 0.1) is 11.6 Å². The van der Waals surface area contributed by atoms with Crippen molar-refractivity contribution >= 4 is 11.6 Å². The van der Waals surface area contributed by atoms with Crippen molar-refractivity contribution in [2.24, 2.45) is 0 Å². The van der Waals surface area contributed by atoms with E-state index in [4.69, 9.17) is 0 Å². The van der Waals surface area contributed by atoms with E-state index in [1.165, 1.54) is 42.5 Å². The molecule has 144 valence electrons. The van der Waals surface area contributed by atoms with E-state index >= 15 is 0 Å². The van der Waals surface area contributed by atoms with E-state index in [9.17, 15) is 26.7 Å². The standard InChI is InChI=1S/C21H14F5NO/c22-15-7-10-18(21(24,25)26)14(12-15)11-13-5-8-16(9-6-13)27-20(28)17-3-1-2-4-19(17)23/h1-10,12H,11H2,(H,27,28). The molecule has 0 radical (unpaired) electrons. The first-order valence-corrected chi connectivity index (χ1v) is 8.24. The molecule has 2 nitrogen and oxygen atoms in total. The van der Waals surface area contributed by atoms with Gasteiger partial charge >= 0.3 is 6.18 Å². The van der Waals surface area contributed by atoms with Crippen molar-refractivity contribution < 1.29 is 26.7 Å². The van der Waals surface area contributed by atoms with Gasteiger partial charge in [-0.3, -0.25) is 4.79 Å². The van der Waals surface area contributed by atoms with E-state index in [-0.39, 0.29) is 17.5 Å². The van der Waals surface area contributed by atoms with E-state index in [2.05, 4.69) is 5.32 Å². The first-order valence-electron chi connectivity index (χ1n) is 8.24. The lowest BCUT2D eigenvalue weighted by Crippen LogP contribution is -2.13. The Morgan fingerprint density at radius 1 is 0.893 bits per heavy atom. The van der Waals surface area contributed by atoms with Crippen LogP contribution in [-0.2, 0) is 12.6 Å². The minimum Gasteiger partial charge on any atom is -0.322 e. The summed E-state index contributed by atoms with van der Waals surface area (Å²) < 4.78 is 66.3. The Morgan fingerprint density at radius 3 is 2.21 bits per heavy atom. The van der Waals surface area contributed by atoms with E-state index in [1.54, 1.807) is 0 Å². The van der Waals surface area contributed by atoms with Crippen LogP contribution in [0.1, 0.15) is 27.0 Å². The third-order valence-corrected chi connectivity index (χ3v) is 4.10. The number of amides is 1. The fraction of sp³-hybridized carbons (Fsp3) is 0.0952. The van der Waals surface area contributed by atoms with E-state index in [1.807, 2.05) is 0 Å². The number of carbonyl (C=O) groups is 1. The summed E-state index contributed by atoms with van der Waals surface area (Å²) in [6.07, 6.45) is -4.72. The van der Waals surface area contributed by atoms with Crippen molar-refractivity contribution in [1.29, 1.82) is 0 Å². The third kappa shape index (κ3) is 4.54. The molecule has 0 aliphatic rings. The number of anilines is 1. The van der Waals surface area contributed by atoms with Gasteiger partial charge in [-0.05, 0) is 60.0 Å². The predicted octanol–water partition coefficient (Wildman–Crippen LogP) is 5.83. The average molecular weight is 391 g/mol. The zero-order chi connectivity index (χ0) is 20.3. The summed E-state index contributed by atoms with van der Waals surface area (Å²) in [7, 11) is 0. The van der Waals surface area contributed by atoms with Crippen molar-refractivity contribution in [2.75, 3.05) is 5.32 Å². The molecule has 1 amide bonds. The molecule has 3 rings (SSSR count). The number of benzene rings is 3. The fourth-order valence-electron chi connectivity index (χ4n) is 2.75. The van der Waals surface area contributed by atoms with Crippen LogP contribution in [0.2, 0.25) is 0 Å². The summed E-state index contributed by atoms with van der Waals surface area (Å²) in [4.78, 5) is 12.1. The van der Waals surface area contributed by atoms with Crippen molar-refractivity contribution in [3.8, 4) is 0 Å². The Labute approximate surface area is 157 Å². The van der Waals surface area contributed by atoms with Crippen LogP contribution in [0.5, 0.6) is 0 Å². The number of halogens is 5. The van der Waals surface area contributed by atoms with E-state index < -0.39 is 29.3 Å². The summed E-state index contributed by atoms with van der Waals surface area (Å²) in [6.45, 7) is 0. The molecule has 0 atom stereocenters. The predicted molar refractivity (Wildman–Crippen MR) is 95.0 cm³/mol. The topological polar surface area (TPSA) is 29.1 Å². The number of carbonyl (C=O) groups excluding carboxylic acids is 1. The van der Waals surface area contributed by atoms with E-state index in [0.29, 0.717) is 17.3 Å². The quantitative estimate of drug-likeness (QED) is 0.558. The monoisotopic (exact) mass is 391 g/mol. The number of rotatable bonds is 4. The van der Waals surface area contributed by atoms with Crippen LogP contribution in [-0.4, -0.2) is 5.91 Å². The van der Waals surface area contributed by atoms with Gasteiger partial charge in [-0.1, -0.05) is 24.3 Å². The largest absolute Gasteiger partial charge is 0.416 e. The van der Waals surface area contributed by atoms with Gasteiger partial charge in [0.25, 0.3) is 5.91 Å². The fourth-order valence-corrected chi connectivity index (χ4v) is 2.75. The maximum Gasteiger partial charge on any atom is 0.416 e. The lowest BCUT2D eigenvalue weighted by molar-refractivity contribution is -0.138. The molecule has 0 saturated carbocycles. The second-order valence-electron chi connectivity index (χ2n) is 6.11. The van der Waals surface area contributed by atoms with Crippen molar-refractivity contribution in [3.05, 3.63) is 101 Å². The lowest BCUT2D eigenvalue weighted by atomic mass is 9.99. The van der Waals surface area contributed by atoms with Crippen LogP contribution in [0.15, 0.2) is 66.7 Å². The first kappa shape index (κ1) is 19.5. The summed E-state index contributed by atoms with van der Waals surface area (Å²) in [6, 6.07) is 13.8. The third-order valence-electron chi connectivity index (χ3n) is 4.10. The molecule has 0 aromatic heterocycles. The SMILES string of the molecule is O=C(Nc1ccc(Cc2cc(F)ccc2C(F)(F)F)cc1)c1ccccc1F. The highest BCUT2D eigenvalue weighted by Gasteiger charge is 2.33. The second kappa shape index (κ2) is 7.80. The molecule has 0 bridgehead atoms. The minimum atomic E-state index is -4.59. The molecule has 0 aliphatic heterocycles. The van der Waals surface area contributed by atoms with Crippen molar-refractivity contribution in [3.63, 3.8) is 0 Å². The van der Waals surface area contributed by atoms with Gasteiger partial charge in [0.15, 0.2) is 0 Å². The molecular formula is C21H14F5NO. The number of hydrogen-bond acceptors (Lipinski definition) is 1. The molecule has 0 spiro atoms. The Kier molecular flexibility index (Phi) is 5.44. The average Bonchev–Trinajstić information content (AvgIpc) is 2.62. The van der Waals surface area contributed by atoms with Gasteiger partial charge in [-0.15, -0.1) is 0 Å². The number of nitrogens with one attached hydrogen (secondary N) is 1. The molecule has 28 heavy (non-hydrogen) atoms. The molecule has 0 heterocycles. The smallest absolute Gasteiger partial charge is 0.322 e. The molecule has 3 aromatic rings. The lowest BCUT2D eigenvalue weighted by Gasteiger charge is -2.13. The Balaban J connectivity index is 1.76. The molecule has 3 aromatic carbocycles. The van der Waals surface area contributed by atoms with Crippen LogP contribution in [0.25, 0.3) is 0 Å². The van der Waals surface area contributed by atoms with Gasteiger partial charge in [0, 0.05) is 5.69 Å². The normalized spacial score (nSPS) is 11.3. The van der Waals surface area contributed by atoms with Gasteiger partial charge in [0.1, 0.15) is 11.6 Å². The highest BCUT2D eigenvalue weighted by molar-refractivity contribution is 6.04. The Morgan fingerprint density at radius 2 is 1.57 bits per heavy atom. The molecule has 0 aliphatic carbocycles. The molecule has 1 N–H and O–H groups in total. The van der Waals surface area contributed by atoms with Gasteiger partial charge in [0.2, 0.25) is 0 Å². The second-order valence-corrected chi connectivity index (χ2v) is 6.11. The van der Waals surface area contributed by atoms with Crippen LogP contribution in [0.3, 0.4) is 0 Å². The van der Waals surface area contributed by atoms with Crippen molar-refractivity contribution in [2.45, 2.75) is 12.6 Å². The number of hydrogen-bond donors (Lipinski definition) is 1. The Bertz CT molecular complexity index is 996. The molecular weight excluding hydrogens is 377 g/mol. The zero-order valence-corrected chi connectivity index (χ0v) is 14.4. The van der Waals surface area contributed by atoms with Crippen molar-refractivity contribution in [1.82, 2.24) is 0 Å². The maximum atomic E-state index is 13.6. The molecule has 0 unspecified atom stereocenters. The van der Waals surface area contributed by atoms with Gasteiger partial charge in [-0.2, -0.15) is 13.2 Å². The number of alkyl halides is 3. The van der Waals surface area contributed by atoms with Gasteiger partial charge in [0.05, 0.1) is 11.1 Å². The highest BCUT2D eigenvalue weighted by Crippen LogP contribution is 2.33. The summed E-state index contributed by atoms with van der Waals surface area (Å²) in [5.41, 5.74) is -0.352. The summed E-state index contributed by atoms with van der Waals surface area (Å²) in [5, 5.41) is 2.52. The van der Waals surface area contributed by atoms with Gasteiger partial charge in [-0.25, -0.2) is 8.78 Å². The highest BCUT2D eigenvalue weighted by atomic mass is 19.4. The van der Waals surface area contributed by atoms with Crippen LogP contribution in [0.4, 0.5) is 27.6 Å². The molecule has 7 heteroatoms. The first-order chi connectivity index (χ1) is 13.2.